The van der Waals surface area contributed by atoms with Gasteiger partial charge in [-0.1, -0.05) is 45.4 Å². The van der Waals surface area contributed by atoms with Crippen LogP contribution in [0.1, 0.15) is 89.5 Å². The summed E-state index contributed by atoms with van der Waals surface area (Å²) in [4.78, 5) is 21.2. The lowest BCUT2D eigenvalue weighted by Crippen LogP contribution is -2.30. The summed E-state index contributed by atoms with van der Waals surface area (Å²) in [6, 6.07) is 9.29. The van der Waals surface area contributed by atoms with Crippen molar-refractivity contribution < 1.29 is 9.53 Å². The van der Waals surface area contributed by atoms with Gasteiger partial charge in [0.1, 0.15) is 11.8 Å². The van der Waals surface area contributed by atoms with Gasteiger partial charge >= 0.3 is 5.97 Å². The number of benzene rings is 1. The lowest BCUT2D eigenvalue weighted by Gasteiger charge is -2.37. The number of ether oxygens (including phenoxy) is 1. The summed E-state index contributed by atoms with van der Waals surface area (Å²) in [5.74, 6) is 3.66. The van der Waals surface area contributed by atoms with Crippen LogP contribution in [-0.4, -0.2) is 15.9 Å². The van der Waals surface area contributed by atoms with Crippen molar-refractivity contribution in [3.63, 3.8) is 0 Å². The van der Waals surface area contributed by atoms with Gasteiger partial charge in [-0.15, -0.1) is 0 Å². The SMILES string of the molecule is CCCCCC1CCC(C2CCC(C(=O)Oc3ccc(-c4ncc(C#N)cn4)cc3)CC2)CC1. The summed E-state index contributed by atoms with van der Waals surface area (Å²) in [5.41, 5.74) is 1.25. The van der Waals surface area contributed by atoms with Crippen LogP contribution in [0, 0.1) is 35.0 Å². The van der Waals surface area contributed by atoms with Gasteiger partial charge in [-0.2, -0.15) is 5.26 Å². The molecule has 0 unspecified atom stereocenters. The molecule has 34 heavy (non-hydrogen) atoms. The highest BCUT2D eigenvalue weighted by atomic mass is 16.5. The molecular weight excluding hydrogens is 422 g/mol. The number of rotatable bonds is 8. The van der Waals surface area contributed by atoms with Gasteiger partial charge in [0.15, 0.2) is 5.82 Å². The molecule has 0 atom stereocenters. The fourth-order valence-corrected chi connectivity index (χ4v) is 5.86. The molecule has 0 aliphatic heterocycles. The smallest absolute Gasteiger partial charge is 0.314 e. The number of carbonyl (C=O) groups is 1. The maximum Gasteiger partial charge on any atom is 0.314 e. The molecule has 2 saturated carbocycles. The largest absolute Gasteiger partial charge is 0.426 e. The topological polar surface area (TPSA) is 75.9 Å². The van der Waals surface area contributed by atoms with Crippen LogP contribution in [0.3, 0.4) is 0 Å². The first kappa shape index (κ1) is 24.4. The molecule has 0 N–H and O–H groups in total. The number of hydrogen-bond donors (Lipinski definition) is 0. The number of unbranched alkanes of at least 4 members (excludes halogenated alkanes) is 2. The molecule has 0 radical (unpaired) electrons. The molecule has 1 aromatic heterocycles. The zero-order valence-electron chi connectivity index (χ0n) is 20.4. The Hall–Kier alpha value is -2.74. The van der Waals surface area contributed by atoms with Gasteiger partial charge in [-0.05, 0) is 80.5 Å². The van der Waals surface area contributed by atoms with Gasteiger partial charge in [0.2, 0.25) is 0 Å². The van der Waals surface area contributed by atoms with Gasteiger partial charge < -0.3 is 4.74 Å². The Morgan fingerprint density at radius 1 is 0.941 bits per heavy atom. The molecule has 5 nitrogen and oxygen atoms in total. The Morgan fingerprint density at radius 2 is 1.56 bits per heavy atom. The molecule has 5 heteroatoms. The van der Waals surface area contributed by atoms with E-state index >= 15 is 0 Å². The molecule has 4 rings (SSSR count). The van der Waals surface area contributed by atoms with E-state index in [-0.39, 0.29) is 11.9 Å². The van der Waals surface area contributed by atoms with Gasteiger partial charge in [0.05, 0.1) is 11.5 Å². The van der Waals surface area contributed by atoms with E-state index in [1.165, 1.54) is 76.6 Å². The van der Waals surface area contributed by atoms with Crippen molar-refractivity contribution in [2.45, 2.75) is 84.0 Å². The quantitative estimate of drug-likeness (QED) is 0.239. The van der Waals surface area contributed by atoms with E-state index < -0.39 is 0 Å². The third-order valence-electron chi connectivity index (χ3n) is 7.99. The second kappa shape index (κ2) is 12.1. The van der Waals surface area contributed by atoms with Crippen molar-refractivity contribution in [3.05, 3.63) is 42.2 Å². The van der Waals surface area contributed by atoms with Gasteiger partial charge in [-0.25, -0.2) is 9.97 Å². The maximum atomic E-state index is 12.8. The lowest BCUT2D eigenvalue weighted by atomic mass is 9.68. The third-order valence-corrected chi connectivity index (χ3v) is 7.99. The van der Waals surface area contributed by atoms with E-state index in [9.17, 15) is 4.79 Å². The third kappa shape index (κ3) is 6.44. The predicted octanol–water partition coefficient (Wildman–Crippen LogP) is 7.11. The molecule has 0 amide bonds. The highest BCUT2D eigenvalue weighted by Crippen LogP contribution is 2.42. The molecule has 0 saturated heterocycles. The van der Waals surface area contributed by atoms with Gasteiger partial charge in [-0.3, -0.25) is 4.79 Å². The van der Waals surface area contributed by atoms with E-state index in [0.717, 1.165) is 36.2 Å². The molecule has 0 bridgehead atoms. The summed E-state index contributed by atoms with van der Waals surface area (Å²) >= 11 is 0. The molecule has 1 heterocycles. The van der Waals surface area contributed by atoms with Crippen LogP contribution >= 0.6 is 0 Å². The van der Waals surface area contributed by atoms with E-state index in [0.29, 0.717) is 17.1 Å². The lowest BCUT2D eigenvalue weighted by molar-refractivity contribution is -0.140. The van der Waals surface area contributed by atoms with Crippen LogP contribution in [0.4, 0.5) is 0 Å². The number of hydrogen-bond acceptors (Lipinski definition) is 5. The minimum Gasteiger partial charge on any atom is -0.426 e. The van der Waals surface area contributed by atoms with Crippen molar-refractivity contribution in [1.82, 2.24) is 9.97 Å². The van der Waals surface area contributed by atoms with Crippen molar-refractivity contribution in [2.24, 2.45) is 23.7 Å². The predicted molar refractivity (Wildman–Crippen MR) is 133 cm³/mol. The fourth-order valence-electron chi connectivity index (χ4n) is 5.86. The number of esters is 1. The number of nitriles is 1. The Morgan fingerprint density at radius 3 is 2.15 bits per heavy atom. The Kier molecular flexibility index (Phi) is 8.68. The van der Waals surface area contributed by atoms with E-state index in [1.54, 1.807) is 12.1 Å². The monoisotopic (exact) mass is 459 g/mol. The average molecular weight is 460 g/mol. The average Bonchev–Trinajstić information content (AvgIpc) is 2.90. The molecule has 2 fully saturated rings. The Bertz CT molecular complexity index is 948. The van der Waals surface area contributed by atoms with Gasteiger partial charge in [0, 0.05) is 18.0 Å². The Balaban J connectivity index is 1.21. The minimum atomic E-state index is -0.0968. The second-order valence-corrected chi connectivity index (χ2v) is 10.2. The van der Waals surface area contributed by atoms with Crippen LogP contribution in [0.2, 0.25) is 0 Å². The number of carbonyl (C=O) groups excluding carboxylic acids is 1. The molecular formula is C29H37N3O2. The number of aromatic nitrogens is 2. The summed E-state index contributed by atoms with van der Waals surface area (Å²) < 4.78 is 5.70. The Labute approximate surface area is 204 Å². The van der Waals surface area contributed by atoms with Crippen LogP contribution in [0.25, 0.3) is 11.4 Å². The summed E-state index contributed by atoms with van der Waals surface area (Å²) in [6.45, 7) is 2.29. The van der Waals surface area contributed by atoms with Crippen LogP contribution in [0.5, 0.6) is 5.75 Å². The zero-order valence-corrected chi connectivity index (χ0v) is 20.4. The van der Waals surface area contributed by atoms with Crippen molar-refractivity contribution in [2.75, 3.05) is 0 Å². The first-order chi connectivity index (χ1) is 16.7. The number of nitrogens with zero attached hydrogens (tertiary/aromatic N) is 3. The highest BCUT2D eigenvalue weighted by molar-refractivity contribution is 5.75. The summed E-state index contributed by atoms with van der Waals surface area (Å²) in [7, 11) is 0. The second-order valence-electron chi connectivity index (χ2n) is 10.2. The van der Waals surface area contributed by atoms with Gasteiger partial charge in [0.25, 0.3) is 0 Å². The van der Waals surface area contributed by atoms with E-state index in [4.69, 9.17) is 10.00 Å². The van der Waals surface area contributed by atoms with E-state index in [2.05, 4.69) is 16.9 Å². The molecule has 2 aliphatic carbocycles. The van der Waals surface area contributed by atoms with Crippen molar-refractivity contribution in [3.8, 4) is 23.2 Å². The molecule has 2 aromatic rings. The standard InChI is InChI=1S/C29H37N3O2/c1-2-3-4-5-21-6-8-23(9-7-21)24-10-12-26(13-11-24)29(33)34-27-16-14-25(15-17-27)28-31-19-22(18-30)20-32-28/h14-17,19-21,23-24,26H,2-13H2,1H3. The van der Waals surface area contributed by atoms with Crippen molar-refractivity contribution in [1.29, 1.82) is 5.26 Å². The minimum absolute atomic E-state index is 0.0168. The van der Waals surface area contributed by atoms with E-state index in [1.807, 2.05) is 18.2 Å². The summed E-state index contributed by atoms with van der Waals surface area (Å²) in [6.07, 6.45) is 18.4. The van der Waals surface area contributed by atoms with Crippen LogP contribution in [-0.2, 0) is 4.79 Å². The maximum absolute atomic E-state index is 12.8. The first-order valence-electron chi connectivity index (χ1n) is 13.2. The molecule has 0 spiro atoms. The van der Waals surface area contributed by atoms with Crippen LogP contribution < -0.4 is 4.74 Å². The van der Waals surface area contributed by atoms with Crippen molar-refractivity contribution >= 4 is 5.97 Å². The fraction of sp³-hybridized carbons (Fsp3) is 0.586. The first-order valence-corrected chi connectivity index (χ1v) is 13.2. The summed E-state index contributed by atoms with van der Waals surface area (Å²) in [5, 5.41) is 8.87. The molecule has 2 aliphatic rings. The molecule has 180 valence electrons. The highest BCUT2D eigenvalue weighted by Gasteiger charge is 2.33. The van der Waals surface area contributed by atoms with Crippen LogP contribution in [0.15, 0.2) is 36.7 Å². The zero-order chi connectivity index (χ0) is 23.8. The normalized spacial score (nSPS) is 24.8. The molecule has 1 aromatic carbocycles.